The fourth-order valence-corrected chi connectivity index (χ4v) is 3.49. The molecule has 0 amide bonds. The third kappa shape index (κ3) is 3.49. The minimum Gasteiger partial charge on any atom is -0.461 e. The number of nitrogens with zero attached hydrogens (tertiary/aromatic N) is 2. The molecule has 112 valence electrons. The minimum atomic E-state index is -0.337. The van der Waals surface area contributed by atoms with Crippen LogP contribution in [0.5, 0.6) is 0 Å². The van der Waals surface area contributed by atoms with Crippen LogP contribution in [0.2, 0.25) is 0 Å². The predicted molar refractivity (Wildman–Crippen MR) is 79.4 cm³/mol. The van der Waals surface area contributed by atoms with Gasteiger partial charge in [-0.25, -0.2) is 9.78 Å². The summed E-state index contributed by atoms with van der Waals surface area (Å²) in [6.45, 7) is 6.19. The highest BCUT2D eigenvalue weighted by atomic mass is 32.1. The lowest BCUT2D eigenvalue weighted by Gasteiger charge is -2.32. The topological polar surface area (TPSA) is 62.7 Å². The molecule has 0 bridgehead atoms. The zero-order chi connectivity index (χ0) is 14.5. The summed E-state index contributed by atoms with van der Waals surface area (Å²) in [6.07, 6.45) is 3.11. The van der Waals surface area contributed by atoms with Crippen molar-refractivity contribution >= 4 is 22.4 Å². The van der Waals surface area contributed by atoms with Gasteiger partial charge >= 0.3 is 5.97 Å². The highest BCUT2D eigenvalue weighted by molar-refractivity contribution is 7.15. The van der Waals surface area contributed by atoms with E-state index in [2.05, 4.69) is 9.88 Å². The lowest BCUT2D eigenvalue weighted by molar-refractivity contribution is 0.0519. The first-order valence-electron chi connectivity index (χ1n) is 7.16. The van der Waals surface area contributed by atoms with Gasteiger partial charge in [-0.2, -0.15) is 0 Å². The van der Waals surface area contributed by atoms with Gasteiger partial charge in [-0.3, -0.25) is 0 Å². The van der Waals surface area contributed by atoms with E-state index in [1.165, 1.54) is 0 Å². The van der Waals surface area contributed by atoms with Crippen LogP contribution in [-0.4, -0.2) is 42.4 Å². The maximum atomic E-state index is 11.8. The summed E-state index contributed by atoms with van der Waals surface area (Å²) in [5.41, 5.74) is 0.441. The molecule has 6 heteroatoms. The number of carbonyl (C=O) groups is 1. The number of rotatable bonds is 5. The summed E-state index contributed by atoms with van der Waals surface area (Å²) in [5, 5.41) is 9.96. The van der Waals surface area contributed by atoms with E-state index in [1.54, 1.807) is 18.3 Å². The molecule has 1 aromatic heterocycles. The molecule has 5 nitrogen and oxygen atoms in total. The number of ether oxygens (including phenoxy) is 1. The van der Waals surface area contributed by atoms with E-state index < -0.39 is 0 Å². The van der Waals surface area contributed by atoms with Crippen molar-refractivity contribution in [2.75, 3.05) is 31.2 Å². The molecule has 0 aliphatic carbocycles. The van der Waals surface area contributed by atoms with E-state index in [-0.39, 0.29) is 12.6 Å². The molecular formula is C14H22N2O3S. The quantitative estimate of drug-likeness (QED) is 0.845. The van der Waals surface area contributed by atoms with Gasteiger partial charge in [0.2, 0.25) is 0 Å². The Bertz CT molecular complexity index is 459. The molecule has 1 aromatic rings. The number of hydrogen-bond donors (Lipinski definition) is 1. The van der Waals surface area contributed by atoms with E-state index in [0.29, 0.717) is 18.2 Å². The van der Waals surface area contributed by atoms with Gasteiger partial charge in [0.1, 0.15) is 0 Å². The summed E-state index contributed by atoms with van der Waals surface area (Å²) in [4.78, 5) is 19.4. The van der Waals surface area contributed by atoms with Crippen molar-refractivity contribution in [1.82, 2.24) is 4.98 Å². The maximum absolute atomic E-state index is 11.8. The van der Waals surface area contributed by atoms with Gasteiger partial charge in [0, 0.05) is 24.6 Å². The molecule has 1 aliphatic rings. The first-order chi connectivity index (χ1) is 9.65. The van der Waals surface area contributed by atoms with Gasteiger partial charge in [-0.05, 0) is 39.0 Å². The number of aliphatic hydroxyl groups excluding tert-OH is 1. The molecule has 1 unspecified atom stereocenters. The molecule has 1 atom stereocenters. The van der Waals surface area contributed by atoms with Crippen molar-refractivity contribution in [3.63, 3.8) is 0 Å². The minimum absolute atomic E-state index is 0.240. The van der Waals surface area contributed by atoms with Crippen LogP contribution in [0.3, 0.4) is 0 Å². The number of piperidine rings is 1. The van der Waals surface area contributed by atoms with Crippen LogP contribution in [0.4, 0.5) is 5.13 Å². The Hall–Kier alpha value is -1.14. The zero-order valence-electron chi connectivity index (χ0n) is 12.1. The summed E-state index contributed by atoms with van der Waals surface area (Å²) in [7, 11) is 0. The highest BCUT2D eigenvalue weighted by Crippen LogP contribution is 2.30. The Morgan fingerprint density at radius 3 is 3.10 bits per heavy atom. The van der Waals surface area contributed by atoms with Crippen molar-refractivity contribution < 1.29 is 14.6 Å². The number of carbonyl (C=O) groups excluding carboxylic acids is 1. The molecule has 0 aromatic carbocycles. The Morgan fingerprint density at radius 2 is 2.40 bits per heavy atom. The predicted octanol–water partition coefficient (Wildman–Crippen LogP) is 2.23. The number of thiazole rings is 1. The van der Waals surface area contributed by atoms with Gasteiger partial charge in [0.25, 0.3) is 0 Å². The van der Waals surface area contributed by atoms with Gasteiger partial charge in [-0.1, -0.05) is 0 Å². The van der Waals surface area contributed by atoms with Gasteiger partial charge in [-0.15, -0.1) is 11.3 Å². The Labute approximate surface area is 123 Å². The number of anilines is 1. The molecule has 0 saturated carbocycles. The normalized spacial score (nSPS) is 19.1. The molecular weight excluding hydrogens is 276 g/mol. The standard InChI is InChI=1S/C14H22N2O3S/c1-3-19-13(18)12-10(2)20-14(15-12)16-7-4-5-11(9-16)6-8-17/h11,17H,3-9H2,1-2H3. The number of hydrogen-bond acceptors (Lipinski definition) is 6. The average Bonchev–Trinajstić information content (AvgIpc) is 2.82. The number of aliphatic hydroxyl groups is 1. The van der Waals surface area contributed by atoms with E-state index >= 15 is 0 Å². The van der Waals surface area contributed by atoms with Gasteiger partial charge in [0.15, 0.2) is 10.8 Å². The highest BCUT2D eigenvalue weighted by Gasteiger charge is 2.24. The monoisotopic (exact) mass is 298 g/mol. The van der Waals surface area contributed by atoms with Crippen molar-refractivity contribution in [2.24, 2.45) is 5.92 Å². The van der Waals surface area contributed by atoms with Crippen LogP contribution >= 0.6 is 11.3 Å². The number of aryl methyl sites for hydroxylation is 1. The molecule has 1 saturated heterocycles. The first-order valence-corrected chi connectivity index (χ1v) is 7.97. The van der Waals surface area contributed by atoms with E-state index in [9.17, 15) is 4.79 Å². The SMILES string of the molecule is CCOC(=O)c1nc(N2CCCC(CCO)C2)sc1C. The molecule has 20 heavy (non-hydrogen) atoms. The third-order valence-electron chi connectivity index (χ3n) is 3.58. The van der Waals surface area contributed by atoms with Crippen LogP contribution < -0.4 is 4.90 Å². The molecule has 0 radical (unpaired) electrons. The largest absolute Gasteiger partial charge is 0.461 e. The fraction of sp³-hybridized carbons (Fsp3) is 0.714. The second-order valence-electron chi connectivity index (χ2n) is 5.09. The second kappa shape index (κ2) is 7.04. The van der Waals surface area contributed by atoms with Crippen LogP contribution in [0.25, 0.3) is 0 Å². The average molecular weight is 298 g/mol. The number of esters is 1. The number of aromatic nitrogens is 1. The Balaban J connectivity index is 2.09. The molecule has 2 heterocycles. The molecule has 1 aliphatic heterocycles. The summed E-state index contributed by atoms with van der Waals surface area (Å²) < 4.78 is 5.02. The second-order valence-corrected chi connectivity index (χ2v) is 6.27. The molecule has 1 N–H and O–H groups in total. The van der Waals surface area contributed by atoms with E-state index in [0.717, 1.165) is 42.4 Å². The van der Waals surface area contributed by atoms with Gasteiger partial charge in [0.05, 0.1) is 6.61 Å². The van der Waals surface area contributed by atoms with E-state index in [4.69, 9.17) is 9.84 Å². The van der Waals surface area contributed by atoms with Crippen LogP contribution in [0, 0.1) is 12.8 Å². The van der Waals surface area contributed by atoms with Crippen LogP contribution in [-0.2, 0) is 4.74 Å². The zero-order valence-corrected chi connectivity index (χ0v) is 12.9. The summed E-state index contributed by atoms with van der Waals surface area (Å²) in [5.74, 6) is 0.181. The molecule has 1 fully saturated rings. The van der Waals surface area contributed by atoms with Crippen molar-refractivity contribution in [1.29, 1.82) is 0 Å². The van der Waals surface area contributed by atoms with Crippen LogP contribution in [0.15, 0.2) is 0 Å². The van der Waals surface area contributed by atoms with Crippen molar-refractivity contribution in [2.45, 2.75) is 33.1 Å². The molecule has 2 rings (SSSR count). The van der Waals surface area contributed by atoms with Crippen LogP contribution in [0.1, 0.15) is 41.6 Å². The summed E-state index contributed by atoms with van der Waals surface area (Å²) in [6, 6.07) is 0. The summed E-state index contributed by atoms with van der Waals surface area (Å²) >= 11 is 1.55. The smallest absolute Gasteiger partial charge is 0.358 e. The van der Waals surface area contributed by atoms with Crippen molar-refractivity contribution in [3.05, 3.63) is 10.6 Å². The van der Waals surface area contributed by atoms with Crippen molar-refractivity contribution in [3.8, 4) is 0 Å². The van der Waals surface area contributed by atoms with E-state index in [1.807, 2.05) is 6.92 Å². The lowest BCUT2D eigenvalue weighted by Crippen LogP contribution is -2.35. The maximum Gasteiger partial charge on any atom is 0.358 e. The Kier molecular flexibility index (Phi) is 5.37. The fourth-order valence-electron chi connectivity index (χ4n) is 2.56. The lowest BCUT2D eigenvalue weighted by atomic mass is 9.95. The van der Waals surface area contributed by atoms with Gasteiger partial charge < -0.3 is 14.7 Å². The molecule has 0 spiro atoms. The third-order valence-corrected chi connectivity index (χ3v) is 4.61. The first kappa shape index (κ1) is 15.3. The Morgan fingerprint density at radius 1 is 1.60 bits per heavy atom.